The van der Waals surface area contributed by atoms with E-state index in [-0.39, 0.29) is 18.5 Å². The smallest absolute Gasteiger partial charge is 0.224 e. The molecule has 1 saturated carbocycles. The monoisotopic (exact) mass is 484 g/mol. The van der Waals surface area contributed by atoms with Crippen LogP contribution in [0.2, 0.25) is 0 Å². The van der Waals surface area contributed by atoms with E-state index >= 15 is 0 Å². The Kier molecular flexibility index (Phi) is 8.42. The van der Waals surface area contributed by atoms with Crippen LogP contribution in [0.5, 0.6) is 0 Å². The highest BCUT2D eigenvalue weighted by atomic mass is 35.5. The van der Waals surface area contributed by atoms with Crippen LogP contribution >= 0.6 is 12.4 Å². The molecule has 7 nitrogen and oxygen atoms in total. The van der Waals surface area contributed by atoms with E-state index in [4.69, 9.17) is 4.98 Å². The van der Waals surface area contributed by atoms with Gasteiger partial charge in [0.25, 0.3) is 0 Å². The van der Waals surface area contributed by atoms with Crippen molar-refractivity contribution in [2.24, 2.45) is 0 Å². The van der Waals surface area contributed by atoms with Gasteiger partial charge in [0.1, 0.15) is 5.65 Å². The molecule has 34 heavy (non-hydrogen) atoms. The van der Waals surface area contributed by atoms with Crippen molar-refractivity contribution in [2.75, 3.05) is 38.0 Å². The Morgan fingerprint density at radius 2 is 1.82 bits per heavy atom. The van der Waals surface area contributed by atoms with Crippen molar-refractivity contribution in [3.05, 3.63) is 42.2 Å². The first kappa shape index (κ1) is 24.9. The summed E-state index contributed by atoms with van der Waals surface area (Å²) in [4.78, 5) is 12.0. The van der Waals surface area contributed by atoms with E-state index in [0.29, 0.717) is 12.0 Å². The van der Waals surface area contributed by atoms with Crippen molar-refractivity contribution in [2.45, 2.75) is 57.7 Å². The molecule has 0 radical (unpaired) electrons. The summed E-state index contributed by atoms with van der Waals surface area (Å²) in [5, 5.41) is 17.9. The highest BCUT2D eigenvalue weighted by molar-refractivity contribution is 5.94. The number of rotatable bonds is 7. The van der Waals surface area contributed by atoms with Crippen LogP contribution < -0.4 is 10.6 Å². The first-order chi connectivity index (χ1) is 16.2. The van der Waals surface area contributed by atoms with Crippen LogP contribution in [0, 0.1) is 0 Å². The van der Waals surface area contributed by atoms with E-state index in [1.165, 1.54) is 16.7 Å². The molecule has 2 aliphatic rings. The third kappa shape index (κ3) is 5.54. The van der Waals surface area contributed by atoms with Crippen molar-refractivity contribution < 1.29 is 5.11 Å². The molecule has 0 unspecified atom stereocenters. The summed E-state index contributed by atoms with van der Waals surface area (Å²) in [5.74, 6) is 0.692. The van der Waals surface area contributed by atoms with Gasteiger partial charge in [0.15, 0.2) is 0 Å². The van der Waals surface area contributed by atoms with Gasteiger partial charge in [-0.05, 0) is 43.2 Å². The quantitative estimate of drug-likeness (QED) is 0.466. The number of fused-ring (bicyclic) bond motifs is 1. The van der Waals surface area contributed by atoms with E-state index < -0.39 is 0 Å². The molecule has 0 spiro atoms. The standard InChI is InChI=1S/C26H36N6O.ClH/c1-2-11-28-26-29-16-23-24(18-32(25(23)30-26)21-7-9-22(33)10-8-21)20-5-3-19(4-6-20)17-31-14-12-27-13-15-31;/h3-6,16,18,21-22,27,33H,2,7-15,17H2,1H3,(H,28,29,30);1H. The van der Waals surface area contributed by atoms with Gasteiger partial charge in [-0.3, -0.25) is 4.90 Å². The molecule has 3 N–H and O–H groups in total. The van der Waals surface area contributed by atoms with Gasteiger partial charge < -0.3 is 20.3 Å². The maximum atomic E-state index is 10.0. The fourth-order valence-electron chi connectivity index (χ4n) is 5.11. The third-order valence-corrected chi connectivity index (χ3v) is 7.05. The summed E-state index contributed by atoms with van der Waals surface area (Å²) in [6.45, 7) is 8.38. The van der Waals surface area contributed by atoms with Crippen LogP contribution in [-0.4, -0.2) is 63.4 Å². The molecule has 0 atom stereocenters. The van der Waals surface area contributed by atoms with E-state index in [1.54, 1.807) is 0 Å². The Bertz CT molecular complexity index is 1060. The maximum Gasteiger partial charge on any atom is 0.224 e. The zero-order valence-electron chi connectivity index (χ0n) is 20.0. The van der Waals surface area contributed by atoms with Crippen LogP contribution in [0.1, 0.15) is 50.6 Å². The summed E-state index contributed by atoms with van der Waals surface area (Å²) in [7, 11) is 0. The number of benzene rings is 1. The lowest BCUT2D eigenvalue weighted by Gasteiger charge is -2.27. The minimum atomic E-state index is -0.165. The van der Waals surface area contributed by atoms with Gasteiger partial charge in [0.2, 0.25) is 5.95 Å². The summed E-state index contributed by atoms with van der Waals surface area (Å²) in [6, 6.07) is 9.37. The summed E-state index contributed by atoms with van der Waals surface area (Å²) in [5.41, 5.74) is 4.74. The predicted octanol–water partition coefficient (Wildman–Crippen LogP) is 4.22. The van der Waals surface area contributed by atoms with Crippen LogP contribution in [-0.2, 0) is 6.54 Å². The fourth-order valence-corrected chi connectivity index (χ4v) is 5.11. The average Bonchev–Trinajstić information content (AvgIpc) is 3.23. The Balaban J connectivity index is 0.00000274. The molecule has 1 saturated heterocycles. The number of nitrogens with zero attached hydrogens (tertiary/aromatic N) is 4. The molecule has 1 aliphatic carbocycles. The first-order valence-electron chi connectivity index (χ1n) is 12.5. The number of aromatic nitrogens is 3. The minimum absolute atomic E-state index is 0. The normalized spacial score (nSPS) is 21.4. The van der Waals surface area contributed by atoms with Gasteiger partial charge in [-0.15, -0.1) is 12.4 Å². The van der Waals surface area contributed by atoms with Crippen molar-refractivity contribution in [1.29, 1.82) is 0 Å². The van der Waals surface area contributed by atoms with E-state index in [1.807, 2.05) is 6.20 Å². The molecular formula is C26H37ClN6O. The highest BCUT2D eigenvalue weighted by Crippen LogP contribution is 2.36. The predicted molar refractivity (Wildman–Crippen MR) is 141 cm³/mol. The number of piperazine rings is 1. The van der Waals surface area contributed by atoms with Crippen LogP contribution in [0.25, 0.3) is 22.2 Å². The highest BCUT2D eigenvalue weighted by Gasteiger charge is 2.24. The minimum Gasteiger partial charge on any atom is -0.393 e. The lowest BCUT2D eigenvalue weighted by atomic mass is 9.93. The van der Waals surface area contributed by atoms with Gasteiger partial charge in [0, 0.05) is 68.7 Å². The lowest BCUT2D eigenvalue weighted by Crippen LogP contribution is -2.42. The van der Waals surface area contributed by atoms with Gasteiger partial charge in [-0.1, -0.05) is 31.2 Å². The Labute approximate surface area is 208 Å². The maximum absolute atomic E-state index is 10.0. The van der Waals surface area contributed by atoms with Crippen molar-refractivity contribution in [3.8, 4) is 11.1 Å². The average molecular weight is 485 g/mol. The second-order valence-corrected chi connectivity index (χ2v) is 9.49. The molecule has 3 heterocycles. The molecule has 184 valence electrons. The molecule has 1 aromatic carbocycles. The molecule has 1 aliphatic heterocycles. The Morgan fingerprint density at radius 1 is 1.09 bits per heavy atom. The van der Waals surface area contributed by atoms with Gasteiger partial charge in [0.05, 0.1) is 6.10 Å². The zero-order valence-corrected chi connectivity index (χ0v) is 20.9. The molecule has 0 bridgehead atoms. The number of aliphatic hydroxyl groups is 1. The molecular weight excluding hydrogens is 448 g/mol. The van der Waals surface area contributed by atoms with Crippen LogP contribution in [0.15, 0.2) is 36.7 Å². The van der Waals surface area contributed by atoms with E-state index in [9.17, 15) is 5.11 Å². The molecule has 5 rings (SSSR count). The number of anilines is 1. The fraction of sp³-hybridized carbons (Fsp3) is 0.538. The molecule has 2 aromatic heterocycles. The van der Waals surface area contributed by atoms with E-state index in [2.05, 4.69) is 62.5 Å². The Hall–Kier alpha value is -2.19. The van der Waals surface area contributed by atoms with Gasteiger partial charge in [-0.25, -0.2) is 4.98 Å². The van der Waals surface area contributed by atoms with E-state index in [0.717, 1.165) is 82.4 Å². The van der Waals surface area contributed by atoms with Crippen LogP contribution in [0.3, 0.4) is 0 Å². The number of hydrogen-bond acceptors (Lipinski definition) is 6. The lowest BCUT2D eigenvalue weighted by molar-refractivity contribution is 0.111. The Morgan fingerprint density at radius 3 is 2.53 bits per heavy atom. The first-order valence-corrected chi connectivity index (χ1v) is 12.5. The molecule has 0 amide bonds. The summed E-state index contributed by atoms with van der Waals surface area (Å²) >= 11 is 0. The third-order valence-electron chi connectivity index (χ3n) is 7.05. The number of halogens is 1. The topological polar surface area (TPSA) is 78.2 Å². The summed E-state index contributed by atoms with van der Waals surface area (Å²) < 4.78 is 2.34. The molecule has 2 fully saturated rings. The molecule has 3 aromatic rings. The second kappa shape index (κ2) is 11.5. The van der Waals surface area contributed by atoms with Crippen molar-refractivity contribution >= 4 is 29.4 Å². The second-order valence-electron chi connectivity index (χ2n) is 9.49. The molecule has 8 heteroatoms. The van der Waals surface area contributed by atoms with Crippen LogP contribution in [0.4, 0.5) is 5.95 Å². The SMILES string of the molecule is CCCNc1ncc2c(-c3ccc(CN4CCNCC4)cc3)cn(C3CCC(O)CC3)c2n1.Cl. The van der Waals surface area contributed by atoms with Crippen molar-refractivity contribution in [3.63, 3.8) is 0 Å². The number of hydrogen-bond donors (Lipinski definition) is 3. The zero-order chi connectivity index (χ0) is 22.6. The number of aliphatic hydroxyl groups excluding tert-OH is 1. The van der Waals surface area contributed by atoms with Gasteiger partial charge in [-0.2, -0.15) is 4.98 Å². The van der Waals surface area contributed by atoms with Gasteiger partial charge >= 0.3 is 0 Å². The number of nitrogens with one attached hydrogen (secondary N) is 2. The summed E-state index contributed by atoms with van der Waals surface area (Å²) in [6.07, 6.45) is 8.77. The van der Waals surface area contributed by atoms with Crippen molar-refractivity contribution in [1.82, 2.24) is 24.8 Å². The largest absolute Gasteiger partial charge is 0.393 e.